The molecule has 0 atom stereocenters. The van der Waals surface area contributed by atoms with Crippen molar-refractivity contribution in [3.63, 3.8) is 0 Å². The van der Waals surface area contributed by atoms with Gasteiger partial charge in [0.05, 0.1) is 0 Å². The molecule has 0 aliphatic rings. The molecule has 0 radical (unpaired) electrons. The molecule has 22 heavy (non-hydrogen) atoms. The molecule has 0 spiro atoms. The van der Waals surface area contributed by atoms with Crippen molar-refractivity contribution in [3.05, 3.63) is 0 Å². The predicted molar refractivity (Wildman–Crippen MR) is 84.1 cm³/mol. The number of carbonyl (C=O) groups excluding carboxylic acids is 2. The van der Waals surface area contributed by atoms with Crippen molar-refractivity contribution in [2.45, 2.75) is 52.4 Å². The highest BCUT2D eigenvalue weighted by molar-refractivity contribution is 7.33. The average molecular weight is 325 g/mol. The van der Waals surface area contributed by atoms with Crippen LogP contribution in [0.25, 0.3) is 0 Å². The highest BCUT2D eigenvalue weighted by atomic mass is 31.1. The Labute approximate surface area is 133 Å². The summed E-state index contributed by atoms with van der Waals surface area (Å²) in [5.41, 5.74) is 0. The second-order valence-corrected chi connectivity index (χ2v) is 5.23. The standard InChI is InChI=1S/C16H22O5P/c1-3-5-7-9-11-15(17)13-20-22(19)21-14-16(18)12-10-8-6-4-2/h3-4,9-14H2,1-2H3/q+1. The van der Waals surface area contributed by atoms with E-state index in [1.54, 1.807) is 0 Å². The van der Waals surface area contributed by atoms with Gasteiger partial charge in [-0.05, 0) is 0 Å². The van der Waals surface area contributed by atoms with Gasteiger partial charge in [-0.25, -0.2) is 0 Å². The Morgan fingerprint density at radius 3 is 1.59 bits per heavy atom. The van der Waals surface area contributed by atoms with E-state index in [1.807, 2.05) is 13.8 Å². The van der Waals surface area contributed by atoms with Crippen LogP contribution in [0.2, 0.25) is 0 Å². The van der Waals surface area contributed by atoms with Gasteiger partial charge >= 0.3 is 8.25 Å². The van der Waals surface area contributed by atoms with E-state index in [1.165, 1.54) is 0 Å². The van der Waals surface area contributed by atoms with Gasteiger partial charge in [0.15, 0.2) is 24.8 Å². The van der Waals surface area contributed by atoms with E-state index in [-0.39, 0.29) is 37.6 Å². The molecule has 0 aromatic rings. The number of hydrogen-bond acceptors (Lipinski definition) is 5. The van der Waals surface area contributed by atoms with Crippen molar-refractivity contribution in [2.75, 3.05) is 13.2 Å². The first-order chi connectivity index (χ1) is 10.6. The second-order valence-electron chi connectivity index (χ2n) is 4.26. The van der Waals surface area contributed by atoms with Crippen LogP contribution < -0.4 is 0 Å². The van der Waals surface area contributed by atoms with Crippen molar-refractivity contribution < 1.29 is 23.2 Å². The Bertz CT molecular complexity index is 446. The topological polar surface area (TPSA) is 69.7 Å². The molecule has 0 aromatic carbocycles. The smallest absolute Gasteiger partial charge is 0.297 e. The van der Waals surface area contributed by atoms with E-state index in [4.69, 9.17) is 9.05 Å². The van der Waals surface area contributed by atoms with Crippen LogP contribution in [0.4, 0.5) is 0 Å². The summed E-state index contributed by atoms with van der Waals surface area (Å²) in [6, 6.07) is 0. The van der Waals surface area contributed by atoms with Gasteiger partial charge in [0.25, 0.3) is 0 Å². The molecule has 0 saturated heterocycles. The van der Waals surface area contributed by atoms with Crippen molar-refractivity contribution >= 4 is 19.8 Å². The summed E-state index contributed by atoms with van der Waals surface area (Å²) >= 11 is 0. The van der Waals surface area contributed by atoms with E-state index >= 15 is 0 Å². The van der Waals surface area contributed by atoms with Crippen LogP contribution in [0.15, 0.2) is 0 Å². The average Bonchev–Trinajstić information content (AvgIpc) is 2.51. The quantitative estimate of drug-likeness (QED) is 0.456. The molecule has 0 fully saturated rings. The summed E-state index contributed by atoms with van der Waals surface area (Å²) in [4.78, 5) is 22.8. The molecule has 120 valence electrons. The Kier molecular flexibility index (Phi) is 13.4. The lowest BCUT2D eigenvalue weighted by Crippen LogP contribution is -2.08. The molecule has 0 saturated carbocycles. The van der Waals surface area contributed by atoms with Gasteiger partial charge in [-0.3, -0.25) is 9.59 Å². The normalized spacial score (nSPS) is 9.18. The van der Waals surface area contributed by atoms with Crippen molar-refractivity contribution in [1.82, 2.24) is 0 Å². The van der Waals surface area contributed by atoms with Crippen LogP contribution in [-0.2, 0) is 23.2 Å². The van der Waals surface area contributed by atoms with E-state index in [0.29, 0.717) is 12.8 Å². The molecule has 0 aliphatic carbocycles. The molecule has 0 aliphatic heterocycles. The maximum atomic E-state index is 11.4. The third-order valence-corrected chi connectivity index (χ3v) is 3.00. The lowest BCUT2D eigenvalue weighted by Gasteiger charge is -1.93. The Morgan fingerprint density at radius 1 is 0.818 bits per heavy atom. The minimum atomic E-state index is -2.45. The van der Waals surface area contributed by atoms with Gasteiger partial charge in [-0.2, -0.15) is 0 Å². The van der Waals surface area contributed by atoms with Crippen LogP contribution in [0.5, 0.6) is 0 Å². The van der Waals surface area contributed by atoms with Crippen LogP contribution in [0.3, 0.4) is 0 Å². The van der Waals surface area contributed by atoms with E-state index in [0.717, 1.165) is 12.8 Å². The predicted octanol–water partition coefficient (Wildman–Crippen LogP) is 3.20. The molecule has 0 aromatic heterocycles. The summed E-state index contributed by atoms with van der Waals surface area (Å²) in [5.74, 6) is 11.0. The first-order valence-electron chi connectivity index (χ1n) is 7.28. The maximum Gasteiger partial charge on any atom is 0.698 e. The summed E-state index contributed by atoms with van der Waals surface area (Å²) in [5, 5.41) is 0. The fraction of sp³-hybridized carbons (Fsp3) is 0.625. The zero-order valence-electron chi connectivity index (χ0n) is 13.1. The fourth-order valence-corrected chi connectivity index (χ4v) is 1.83. The Hall–Kier alpha value is -1.52. The molecule has 0 heterocycles. The third-order valence-electron chi connectivity index (χ3n) is 2.32. The Morgan fingerprint density at radius 2 is 1.23 bits per heavy atom. The monoisotopic (exact) mass is 325 g/mol. The van der Waals surface area contributed by atoms with Crippen LogP contribution in [0.1, 0.15) is 52.4 Å². The lowest BCUT2D eigenvalue weighted by atomic mass is 10.2. The minimum absolute atomic E-state index is 0.196. The molecule has 6 heteroatoms. The zero-order chi connectivity index (χ0) is 16.6. The summed E-state index contributed by atoms with van der Waals surface area (Å²) in [7, 11) is -2.45. The number of hydrogen-bond donors (Lipinski definition) is 0. The summed E-state index contributed by atoms with van der Waals surface area (Å²) in [6.07, 6.45) is 2.94. The third kappa shape index (κ3) is 13.5. The minimum Gasteiger partial charge on any atom is -0.297 e. The molecule has 5 nitrogen and oxygen atoms in total. The van der Waals surface area contributed by atoms with Gasteiger partial charge < -0.3 is 0 Å². The van der Waals surface area contributed by atoms with E-state index in [9.17, 15) is 14.2 Å². The zero-order valence-corrected chi connectivity index (χ0v) is 14.0. The van der Waals surface area contributed by atoms with Gasteiger partial charge in [-0.15, -0.1) is 32.7 Å². The van der Waals surface area contributed by atoms with Crippen molar-refractivity contribution in [1.29, 1.82) is 0 Å². The number of Topliss-reactive ketones (excluding diaryl/α,β-unsaturated/α-hetero) is 2. The lowest BCUT2D eigenvalue weighted by molar-refractivity contribution is -0.121. The molecular formula is C16H22O5P+. The first kappa shape index (κ1) is 20.5. The summed E-state index contributed by atoms with van der Waals surface area (Å²) < 4.78 is 20.9. The van der Waals surface area contributed by atoms with Gasteiger partial charge in [-0.1, -0.05) is 13.8 Å². The van der Waals surface area contributed by atoms with Gasteiger partial charge in [0, 0.05) is 43.1 Å². The summed E-state index contributed by atoms with van der Waals surface area (Å²) in [6.45, 7) is 3.27. The molecular weight excluding hydrogens is 303 g/mol. The first-order valence-corrected chi connectivity index (χ1v) is 8.37. The van der Waals surface area contributed by atoms with E-state index < -0.39 is 8.25 Å². The number of ketones is 2. The highest BCUT2D eigenvalue weighted by Gasteiger charge is 2.23. The Balaban J connectivity index is 3.72. The molecule has 0 N–H and O–H groups in total. The fourth-order valence-electron chi connectivity index (χ4n) is 1.26. The molecule has 0 bridgehead atoms. The SMILES string of the molecule is CCC#CCCC(=O)CO[P+](=O)OCC(=O)CCC#CCC. The number of rotatable bonds is 10. The molecule has 0 unspecified atom stereocenters. The van der Waals surface area contributed by atoms with Crippen molar-refractivity contribution in [3.8, 4) is 23.7 Å². The largest absolute Gasteiger partial charge is 0.698 e. The molecule has 0 amide bonds. The van der Waals surface area contributed by atoms with Crippen LogP contribution in [-0.4, -0.2) is 24.8 Å². The maximum absolute atomic E-state index is 11.4. The van der Waals surface area contributed by atoms with Gasteiger partial charge in [0.2, 0.25) is 0 Å². The second kappa shape index (κ2) is 14.4. The van der Waals surface area contributed by atoms with E-state index in [2.05, 4.69) is 23.7 Å². The molecule has 0 rings (SSSR count). The highest BCUT2D eigenvalue weighted by Crippen LogP contribution is 2.23. The van der Waals surface area contributed by atoms with Gasteiger partial charge in [0.1, 0.15) is 0 Å². The number of carbonyl (C=O) groups is 2. The van der Waals surface area contributed by atoms with Crippen LogP contribution in [0, 0.1) is 23.7 Å². The van der Waals surface area contributed by atoms with Crippen LogP contribution >= 0.6 is 8.25 Å². The van der Waals surface area contributed by atoms with Crippen molar-refractivity contribution in [2.24, 2.45) is 0 Å².